The molecular formula is C15H15N3O2S. The standard InChI is InChI=1S/C15H15N3O2S/c1-10(2)5-6-18-13-7-11(8-16)3-4-12(13)17-15(18)21-9-14(19)20/h3-5,7H,6,9H2,1-2H3,(H,19,20). The van der Waals surface area contributed by atoms with Gasteiger partial charge in [-0.1, -0.05) is 23.4 Å². The summed E-state index contributed by atoms with van der Waals surface area (Å²) in [6.07, 6.45) is 2.05. The lowest BCUT2D eigenvalue weighted by Crippen LogP contribution is -2.02. The zero-order chi connectivity index (χ0) is 15.4. The monoisotopic (exact) mass is 301 g/mol. The maximum absolute atomic E-state index is 10.8. The number of aliphatic carboxylic acids is 1. The van der Waals surface area contributed by atoms with Crippen LogP contribution in [0, 0.1) is 11.3 Å². The fourth-order valence-corrected chi connectivity index (χ4v) is 2.60. The lowest BCUT2D eigenvalue weighted by molar-refractivity contribution is -0.133. The molecule has 0 atom stereocenters. The van der Waals surface area contributed by atoms with E-state index in [1.165, 1.54) is 17.3 Å². The summed E-state index contributed by atoms with van der Waals surface area (Å²) in [5, 5.41) is 18.5. The largest absolute Gasteiger partial charge is 0.481 e. The molecule has 2 rings (SSSR count). The zero-order valence-electron chi connectivity index (χ0n) is 11.8. The Kier molecular flexibility index (Phi) is 4.66. The molecule has 0 amide bonds. The lowest BCUT2D eigenvalue weighted by Gasteiger charge is -2.05. The van der Waals surface area contributed by atoms with Crippen molar-refractivity contribution in [1.82, 2.24) is 9.55 Å². The molecule has 2 aromatic rings. The van der Waals surface area contributed by atoms with Gasteiger partial charge in [0.25, 0.3) is 0 Å². The van der Waals surface area contributed by atoms with Gasteiger partial charge >= 0.3 is 5.97 Å². The normalized spacial score (nSPS) is 10.3. The van der Waals surface area contributed by atoms with E-state index in [-0.39, 0.29) is 5.75 Å². The first-order valence-electron chi connectivity index (χ1n) is 6.39. The first-order chi connectivity index (χ1) is 10.0. The molecule has 0 radical (unpaired) electrons. The van der Waals surface area contributed by atoms with Crippen molar-refractivity contribution in [2.45, 2.75) is 25.5 Å². The second kappa shape index (κ2) is 6.46. The summed E-state index contributed by atoms with van der Waals surface area (Å²) >= 11 is 1.19. The Morgan fingerprint density at radius 3 is 2.90 bits per heavy atom. The van der Waals surface area contributed by atoms with E-state index in [2.05, 4.69) is 11.1 Å². The minimum absolute atomic E-state index is 0.0384. The second-order valence-electron chi connectivity index (χ2n) is 4.78. The molecule has 0 fully saturated rings. The number of imidazole rings is 1. The van der Waals surface area contributed by atoms with Crippen LogP contribution in [0.15, 0.2) is 35.0 Å². The number of carbonyl (C=O) groups is 1. The van der Waals surface area contributed by atoms with Crippen LogP contribution < -0.4 is 0 Å². The number of aromatic nitrogens is 2. The van der Waals surface area contributed by atoms with Gasteiger partial charge in [-0.2, -0.15) is 5.26 Å². The van der Waals surface area contributed by atoms with Crippen molar-refractivity contribution >= 4 is 28.8 Å². The van der Waals surface area contributed by atoms with Crippen molar-refractivity contribution < 1.29 is 9.90 Å². The Labute approximate surface area is 126 Å². The van der Waals surface area contributed by atoms with E-state index in [4.69, 9.17) is 10.4 Å². The van der Waals surface area contributed by atoms with E-state index in [1.807, 2.05) is 24.5 Å². The molecule has 5 nitrogen and oxygen atoms in total. The third-order valence-electron chi connectivity index (χ3n) is 2.85. The van der Waals surface area contributed by atoms with E-state index in [0.717, 1.165) is 11.0 Å². The number of carboxylic acid groups (broad SMARTS) is 1. The van der Waals surface area contributed by atoms with Gasteiger partial charge in [-0.25, -0.2) is 4.98 Å². The Bertz CT molecular complexity index is 752. The molecule has 21 heavy (non-hydrogen) atoms. The summed E-state index contributed by atoms with van der Waals surface area (Å²) in [7, 11) is 0. The first-order valence-corrected chi connectivity index (χ1v) is 7.38. The number of hydrogen-bond acceptors (Lipinski definition) is 4. The van der Waals surface area contributed by atoms with Crippen LogP contribution in [-0.4, -0.2) is 26.4 Å². The number of benzene rings is 1. The Hall–Kier alpha value is -2.26. The third-order valence-corrected chi connectivity index (χ3v) is 3.81. The summed E-state index contributed by atoms with van der Waals surface area (Å²) in [5.74, 6) is -0.915. The topological polar surface area (TPSA) is 78.9 Å². The van der Waals surface area contributed by atoms with Crippen molar-refractivity contribution in [2.24, 2.45) is 0 Å². The Balaban J connectivity index is 2.50. The van der Waals surface area contributed by atoms with Crippen molar-refractivity contribution in [3.63, 3.8) is 0 Å². The number of rotatable bonds is 5. The average Bonchev–Trinajstić information content (AvgIpc) is 2.79. The molecule has 0 saturated heterocycles. The van der Waals surface area contributed by atoms with Gasteiger partial charge in [0.15, 0.2) is 5.16 Å². The number of nitriles is 1. The van der Waals surface area contributed by atoms with Gasteiger partial charge in [0.05, 0.1) is 28.4 Å². The number of fused-ring (bicyclic) bond motifs is 1. The molecule has 0 aliphatic heterocycles. The van der Waals surface area contributed by atoms with Crippen LogP contribution in [-0.2, 0) is 11.3 Å². The van der Waals surface area contributed by atoms with Crippen LogP contribution in [0.5, 0.6) is 0 Å². The van der Waals surface area contributed by atoms with Crippen LogP contribution in [0.2, 0.25) is 0 Å². The van der Waals surface area contributed by atoms with Gasteiger partial charge in [0, 0.05) is 6.54 Å². The molecule has 0 aliphatic carbocycles. The van der Waals surface area contributed by atoms with Gasteiger partial charge in [-0.05, 0) is 32.0 Å². The van der Waals surface area contributed by atoms with Gasteiger partial charge in [-0.15, -0.1) is 0 Å². The summed E-state index contributed by atoms with van der Waals surface area (Å²) in [6, 6.07) is 7.40. The number of carboxylic acids is 1. The van der Waals surface area contributed by atoms with E-state index < -0.39 is 5.97 Å². The Morgan fingerprint density at radius 1 is 1.52 bits per heavy atom. The van der Waals surface area contributed by atoms with Crippen molar-refractivity contribution in [3.05, 3.63) is 35.4 Å². The summed E-state index contributed by atoms with van der Waals surface area (Å²) in [4.78, 5) is 15.2. The van der Waals surface area contributed by atoms with Gasteiger partial charge in [0.2, 0.25) is 0 Å². The highest BCUT2D eigenvalue weighted by molar-refractivity contribution is 7.99. The molecule has 6 heteroatoms. The van der Waals surface area contributed by atoms with Crippen molar-refractivity contribution in [1.29, 1.82) is 5.26 Å². The SMILES string of the molecule is CC(C)=CCn1c(SCC(=O)O)nc2ccc(C#N)cc21. The minimum atomic E-state index is -0.876. The molecular weight excluding hydrogens is 286 g/mol. The maximum Gasteiger partial charge on any atom is 0.313 e. The van der Waals surface area contributed by atoms with E-state index in [9.17, 15) is 4.79 Å². The molecule has 0 unspecified atom stereocenters. The first kappa shape index (κ1) is 15.1. The summed E-state index contributed by atoms with van der Waals surface area (Å²) in [6.45, 7) is 4.61. The number of hydrogen-bond donors (Lipinski definition) is 1. The number of allylic oxidation sites excluding steroid dienone is 2. The fourth-order valence-electron chi connectivity index (χ4n) is 1.86. The van der Waals surface area contributed by atoms with Crippen molar-refractivity contribution in [3.8, 4) is 6.07 Å². The second-order valence-corrected chi connectivity index (χ2v) is 5.73. The highest BCUT2D eigenvalue weighted by Gasteiger charge is 2.12. The van der Waals surface area contributed by atoms with Crippen LogP contribution >= 0.6 is 11.8 Å². The molecule has 108 valence electrons. The fraction of sp³-hybridized carbons (Fsp3) is 0.267. The highest BCUT2D eigenvalue weighted by atomic mass is 32.2. The Morgan fingerprint density at radius 2 is 2.29 bits per heavy atom. The van der Waals surface area contributed by atoms with Gasteiger partial charge < -0.3 is 9.67 Å². The van der Waals surface area contributed by atoms with Gasteiger partial charge in [0.1, 0.15) is 0 Å². The summed E-state index contributed by atoms with van der Waals surface area (Å²) in [5.41, 5.74) is 3.35. The van der Waals surface area contributed by atoms with Crippen LogP contribution in [0.4, 0.5) is 0 Å². The zero-order valence-corrected chi connectivity index (χ0v) is 12.6. The molecule has 0 bridgehead atoms. The predicted octanol–water partition coefficient (Wildman–Crippen LogP) is 3.05. The van der Waals surface area contributed by atoms with E-state index in [0.29, 0.717) is 17.3 Å². The summed E-state index contributed by atoms with van der Waals surface area (Å²) < 4.78 is 1.94. The van der Waals surface area contributed by atoms with Gasteiger partial charge in [-0.3, -0.25) is 4.79 Å². The minimum Gasteiger partial charge on any atom is -0.481 e. The highest BCUT2D eigenvalue weighted by Crippen LogP contribution is 2.25. The average molecular weight is 301 g/mol. The van der Waals surface area contributed by atoms with E-state index in [1.54, 1.807) is 18.2 Å². The molecule has 0 spiro atoms. The number of nitrogens with zero attached hydrogens (tertiary/aromatic N) is 3. The third kappa shape index (κ3) is 3.64. The molecule has 1 N–H and O–H groups in total. The molecule has 1 aromatic heterocycles. The number of thioether (sulfide) groups is 1. The molecule has 0 saturated carbocycles. The molecule has 1 heterocycles. The van der Waals surface area contributed by atoms with E-state index >= 15 is 0 Å². The van der Waals surface area contributed by atoms with Crippen LogP contribution in [0.25, 0.3) is 11.0 Å². The quantitative estimate of drug-likeness (QED) is 0.678. The lowest BCUT2D eigenvalue weighted by atomic mass is 10.2. The predicted molar refractivity (Wildman–Crippen MR) is 82.2 cm³/mol. The molecule has 1 aromatic carbocycles. The maximum atomic E-state index is 10.8. The van der Waals surface area contributed by atoms with Crippen LogP contribution in [0.3, 0.4) is 0 Å². The molecule has 0 aliphatic rings. The smallest absolute Gasteiger partial charge is 0.313 e. The van der Waals surface area contributed by atoms with Crippen molar-refractivity contribution in [2.75, 3.05) is 5.75 Å². The van der Waals surface area contributed by atoms with Crippen LogP contribution in [0.1, 0.15) is 19.4 Å².